The lowest BCUT2D eigenvalue weighted by molar-refractivity contribution is -0.0362. The molecule has 3 heteroatoms. The van der Waals surface area contributed by atoms with Gasteiger partial charge in [-0.15, -0.1) is 0 Å². The van der Waals surface area contributed by atoms with Crippen molar-refractivity contribution in [3.05, 3.63) is 0 Å². The molecule has 1 aliphatic rings. The summed E-state index contributed by atoms with van der Waals surface area (Å²) in [7, 11) is 2.25. The monoisotopic (exact) mass is 269 g/mol. The molecule has 0 aromatic heterocycles. The Kier molecular flexibility index (Phi) is 5.84. The first-order valence-corrected chi connectivity index (χ1v) is 7.90. The van der Waals surface area contributed by atoms with Crippen LogP contribution >= 0.6 is 0 Å². The summed E-state index contributed by atoms with van der Waals surface area (Å²) in [6, 6.07) is 0.352. The highest BCUT2D eigenvalue weighted by Crippen LogP contribution is 2.41. The highest BCUT2D eigenvalue weighted by molar-refractivity contribution is 5.00. The molecule has 0 aliphatic carbocycles. The Morgan fingerprint density at radius 3 is 2.05 bits per heavy atom. The van der Waals surface area contributed by atoms with Gasteiger partial charge in [0.1, 0.15) is 0 Å². The first-order chi connectivity index (χ1) is 8.70. The lowest BCUT2D eigenvalue weighted by atomic mass is 9.71. The normalized spacial score (nSPS) is 25.4. The van der Waals surface area contributed by atoms with E-state index in [-0.39, 0.29) is 11.1 Å². The van der Waals surface area contributed by atoms with Gasteiger partial charge in [-0.05, 0) is 72.9 Å². The summed E-state index contributed by atoms with van der Waals surface area (Å²) in [6.45, 7) is 10.2. The van der Waals surface area contributed by atoms with Crippen LogP contribution in [0.3, 0.4) is 0 Å². The van der Waals surface area contributed by atoms with Gasteiger partial charge in [-0.3, -0.25) is 4.90 Å². The molecular formula is C16H35N3. The zero-order valence-electron chi connectivity index (χ0n) is 13.7. The van der Waals surface area contributed by atoms with Crippen molar-refractivity contribution in [1.82, 2.24) is 4.90 Å². The zero-order chi connectivity index (χ0) is 14.7. The van der Waals surface area contributed by atoms with E-state index in [4.69, 9.17) is 11.5 Å². The number of unbranched alkanes of at least 4 members (excludes halogenated alkanes) is 2. The fraction of sp³-hybridized carbons (Fsp3) is 1.00. The van der Waals surface area contributed by atoms with Gasteiger partial charge in [-0.25, -0.2) is 0 Å². The van der Waals surface area contributed by atoms with E-state index < -0.39 is 0 Å². The molecule has 0 radical (unpaired) electrons. The Bertz CT molecular complexity index is 255. The Hall–Kier alpha value is -0.120. The van der Waals surface area contributed by atoms with Crippen molar-refractivity contribution in [1.29, 1.82) is 0 Å². The Balaban J connectivity index is 2.54. The minimum Gasteiger partial charge on any atom is -0.330 e. The van der Waals surface area contributed by atoms with Crippen molar-refractivity contribution < 1.29 is 0 Å². The number of hydrogen-bond donors (Lipinski definition) is 2. The van der Waals surface area contributed by atoms with Gasteiger partial charge >= 0.3 is 0 Å². The molecule has 1 saturated heterocycles. The third kappa shape index (κ3) is 4.44. The molecule has 3 nitrogen and oxygen atoms in total. The summed E-state index contributed by atoms with van der Waals surface area (Å²) in [6.07, 6.45) is 7.17. The van der Waals surface area contributed by atoms with Crippen LogP contribution in [0.2, 0.25) is 0 Å². The quantitative estimate of drug-likeness (QED) is 0.729. The molecule has 1 atom stereocenters. The summed E-state index contributed by atoms with van der Waals surface area (Å²) in [5.41, 5.74) is 12.5. The van der Waals surface area contributed by atoms with E-state index in [1.54, 1.807) is 0 Å². The van der Waals surface area contributed by atoms with Crippen molar-refractivity contribution in [2.45, 2.75) is 83.3 Å². The SMILES string of the molecule is CN1C(C)(C)CC(C(N)CCCCCN)CC1(C)C. The summed E-state index contributed by atoms with van der Waals surface area (Å²) >= 11 is 0. The van der Waals surface area contributed by atoms with Crippen LogP contribution in [0.1, 0.15) is 66.2 Å². The lowest BCUT2D eigenvalue weighted by Gasteiger charge is -2.54. The highest BCUT2D eigenvalue weighted by Gasteiger charge is 2.44. The fourth-order valence-corrected chi connectivity index (χ4v) is 3.69. The van der Waals surface area contributed by atoms with Gasteiger partial charge in [0.05, 0.1) is 0 Å². The minimum absolute atomic E-state index is 0.251. The second kappa shape index (κ2) is 6.55. The van der Waals surface area contributed by atoms with Crippen molar-refractivity contribution in [2.75, 3.05) is 13.6 Å². The van der Waals surface area contributed by atoms with Crippen LogP contribution in [0.4, 0.5) is 0 Å². The molecule has 1 rings (SSSR count). The molecule has 1 aliphatic heterocycles. The molecule has 114 valence electrons. The first kappa shape index (κ1) is 16.9. The molecular weight excluding hydrogens is 234 g/mol. The average molecular weight is 269 g/mol. The van der Waals surface area contributed by atoms with Gasteiger partial charge in [0.25, 0.3) is 0 Å². The van der Waals surface area contributed by atoms with Crippen LogP contribution in [0.5, 0.6) is 0 Å². The molecule has 1 heterocycles. The summed E-state index contributed by atoms with van der Waals surface area (Å²) in [4.78, 5) is 2.53. The number of piperidine rings is 1. The van der Waals surface area contributed by atoms with Gasteiger partial charge in [-0.2, -0.15) is 0 Å². The van der Waals surface area contributed by atoms with Crippen molar-refractivity contribution >= 4 is 0 Å². The van der Waals surface area contributed by atoms with Gasteiger partial charge in [0.2, 0.25) is 0 Å². The van der Waals surface area contributed by atoms with E-state index >= 15 is 0 Å². The maximum absolute atomic E-state index is 6.47. The van der Waals surface area contributed by atoms with Crippen LogP contribution in [0.25, 0.3) is 0 Å². The third-order valence-corrected chi connectivity index (χ3v) is 5.19. The van der Waals surface area contributed by atoms with E-state index in [1.807, 2.05) is 0 Å². The Labute approximate surface area is 120 Å². The van der Waals surface area contributed by atoms with Gasteiger partial charge < -0.3 is 11.5 Å². The molecule has 0 saturated carbocycles. The predicted molar refractivity (Wildman–Crippen MR) is 84.1 cm³/mol. The predicted octanol–water partition coefficient (Wildman–Crippen LogP) is 2.73. The molecule has 1 unspecified atom stereocenters. The number of nitrogens with zero attached hydrogens (tertiary/aromatic N) is 1. The molecule has 0 amide bonds. The first-order valence-electron chi connectivity index (χ1n) is 7.90. The number of rotatable bonds is 6. The second-order valence-electron chi connectivity index (χ2n) is 7.65. The number of hydrogen-bond acceptors (Lipinski definition) is 3. The molecule has 0 spiro atoms. The van der Waals surface area contributed by atoms with Crippen LogP contribution in [-0.4, -0.2) is 35.6 Å². The van der Waals surface area contributed by atoms with Crippen LogP contribution < -0.4 is 11.5 Å². The van der Waals surface area contributed by atoms with Crippen LogP contribution in [0.15, 0.2) is 0 Å². The topological polar surface area (TPSA) is 55.3 Å². The highest BCUT2D eigenvalue weighted by atomic mass is 15.2. The second-order valence-corrected chi connectivity index (χ2v) is 7.65. The largest absolute Gasteiger partial charge is 0.330 e. The zero-order valence-corrected chi connectivity index (χ0v) is 13.7. The third-order valence-electron chi connectivity index (χ3n) is 5.19. The molecule has 0 bridgehead atoms. The van der Waals surface area contributed by atoms with E-state index in [9.17, 15) is 0 Å². The summed E-state index contributed by atoms with van der Waals surface area (Å²) < 4.78 is 0. The van der Waals surface area contributed by atoms with Crippen molar-refractivity contribution in [3.63, 3.8) is 0 Å². The fourth-order valence-electron chi connectivity index (χ4n) is 3.69. The minimum atomic E-state index is 0.251. The summed E-state index contributed by atoms with van der Waals surface area (Å²) in [5, 5.41) is 0. The van der Waals surface area contributed by atoms with E-state index in [1.165, 1.54) is 25.7 Å². The number of likely N-dealkylation sites (tertiary alicyclic amines) is 1. The van der Waals surface area contributed by atoms with Crippen molar-refractivity contribution in [2.24, 2.45) is 17.4 Å². The smallest absolute Gasteiger partial charge is 0.0158 e. The van der Waals surface area contributed by atoms with Crippen LogP contribution in [-0.2, 0) is 0 Å². The maximum atomic E-state index is 6.47. The molecule has 0 aromatic rings. The molecule has 1 fully saturated rings. The van der Waals surface area contributed by atoms with Crippen molar-refractivity contribution in [3.8, 4) is 0 Å². The molecule has 4 N–H and O–H groups in total. The average Bonchev–Trinajstić information content (AvgIpc) is 2.30. The number of nitrogens with two attached hydrogens (primary N) is 2. The Morgan fingerprint density at radius 1 is 1.05 bits per heavy atom. The molecule has 0 aromatic carbocycles. The summed E-state index contributed by atoms with van der Waals surface area (Å²) in [5.74, 6) is 0.652. The van der Waals surface area contributed by atoms with Gasteiger partial charge in [0, 0.05) is 17.1 Å². The van der Waals surface area contributed by atoms with E-state index in [2.05, 4.69) is 39.6 Å². The van der Waals surface area contributed by atoms with Gasteiger partial charge in [-0.1, -0.05) is 12.8 Å². The lowest BCUT2D eigenvalue weighted by Crippen LogP contribution is -2.60. The van der Waals surface area contributed by atoms with E-state index in [0.717, 1.165) is 19.4 Å². The van der Waals surface area contributed by atoms with E-state index in [0.29, 0.717) is 12.0 Å². The van der Waals surface area contributed by atoms with Crippen LogP contribution in [0, 0.1) is 5.92 Å². The molecule has 19 heavy (non-hydrogen) atoms. The van der Waals surface area contributed by atoms with Gasteiger partial charge in [0.15, 0.2) is 0 Å². The standard InChI is InChI=1S/C16H35N3/c1-15(2)11-13(12-16(3,4)19(15)5)14(18)9-7-6-8-10-17/h13-14H,6-12,17-18H2,1-5H3. The Morgan fingerprint density at radius 2 is 1.58 bits per heavy atom. The maximum Gasteiger partial charge on any atom is 0.0158 e.